The third-order valence-electron chi connectivity index (χ3n) is 1.86. The van der Waals surface area contributed by atoms with E-state index in [2.05, 4.69) is 14.3 Å². The molecule has 0 aromatic carbocycles. The number of hydrogen-bond acceptors (Lipinski definition) is 7. The SMILES string of the molecule is COc1c(-c2ncns2)ccnc1OC(N)=O. The molecule has 2 N–H and O–H groups in total. The molecule has 2 heterocycles. The molecular formula is C9H8N4O3S. The standard InChI is InChI=1S/C9H8N4O3S/c1-15-6-5(8-12-4-13-17-8)2-3-11-7(6)16-9(10)14/h2-4H,1H3,(H2,10,14). The van der Waals surface area contributed by atoms with Gasteiger partial charge < -0.3 is 15.2 Å². The molecule has 2 rings (SSSR count). The van der Waals surface area contributed by atoms with Crippen LogP contribution in [0.2, 0.25) is 0 Å². The van der Waals surface area contributed by atoms with E-state index < -0.39 is 6.09 Å². The van der Waals surface area contributed by atoms with Gasteiger partial charge in [-0.2, -0.15) is 4.37 Å². The molecule has 88 valence electrons. The summed E-state index contributed by atoms with van der Waals surface area (Å²) in [7, 11) is 1.44. The number of ether oxygens (including phenoxy) is 2. The van der Waals surface area contributed by atoms with Crippen LogP contribution >= 0.6 is 11.5 Å². The van der Waals surface area contributed by atoms with Crippen molar-refractivity contribution in [1.82, 2.24) is 14.3 Å². The first kappa shape index (κ1) is 11.3. The van der Waals surface area contributed by atoms with Gasteiger partial charge in [-0.1, -0.05) is 0 Å². The molecule has 0 spiro atoms. The van der Waals surface area contributed by atoms with E-state index in [-0.39, 0.29) is 5.88 Å². The van der Waals surface area contributed by atoms with Crippen LogP contribution in [-0.2, 0) is 0 Å². The fourth-order valence-electron chi connectivity index (χ4n) is 1.25. The summed E-state index contributed by atoms with van der Waals surface area (Å²) in [6, 6.07) is 1.69. The Morgan fingerprint density at radius 3 is 2.88 bits per heavy atom. The zero-order valence-electron chi connectivity index (χ0n) is 8.78. The Morgan fingerprint density at radius 2 is 2.29 bits per heavy atom. The van der Waals surface area contributed by atoms with E-state index in [1.165, 1.54) is 31.2 Å². The summed E-state index contributed by atoms with van der Waals surface area (Å²) < 4.78 is 13.8. The quantitative estimate of drug-likeness (QED) is 0.876. The summed E-state index contributed by atoms with van der Waals surface area (Å²) in [6.45, 7) is 0. The minimum Gasteiger partial charge on any atom is -0.491 e. The van der Waals surface area contributed by atoms with E-state index in [1.54, 1.807) is 6.07 Å². The molecule has 2 aromatic rings. The summed E-state index contributed by atoms with van der Waals surface area (Å²) in [5.41, 5.74) is 5.57. The Balaban J connectivity index is 2.49. The third kappa shape index (κ3) is 2.31. The van der Waals surface area contributed by atoms with Crippen LogP contribution in [0.1, 0.15) is 0 Å². The lowest BCUT2D eigenvalue weighted by Crippen LogP contribution is -2.17. The van der Waals surface area contributed by atoms with Gasteiger partial charge in [0.2, 0.25) is 0 Å². The molecule has 2 aromatic heterocycles. The Morgan fingerprint density at radius 1 is 1.47 bits per heavy atom. The first-order valence-corrected chi connectivity index (χ1v) is 5.27. The number of amides is 1. The second kappa shape index (κ2) is 4.74. The molecule has 0 saturated carbocycles. The number of hydrogen-bond donors (Lipinski definition) is 1. The number of nitrogens with zero attached hydrogens (tertiary/aromatic N) is 3. The molecule has 0 bridgehead atoms. The summed E-state index contributed by atoms with van der Waals surface area (Å²) in [6.07, 6.45) is 1.94. The number of primary amides is 1. The summed E-state index contributed by atoms with van der Waals surface area (Å²) in [5.74, 6) is 0.302. The number of aromatic nitrogens is 3. The summed E-state index contributed by atoms with van der Waals surface area (Å²) >= 11 is 1.19. The first-order valence-electron chi connectivity index (χ1n) is 4.49. The van der Waals surface area contributed by atoms with Gasteiger partial charge in [-0.3, -0.25) is 0 Å². The van der Waals surface area contributed by atoms with Crippen LogP contribution in [0.15, 0.2) is 18.6 Å². The van der Waals surface area contributed by atoms with Crippen molar-refractivity contribution in [3.8, 4) is 22.2 Å². The average Bonchev–Trinajstić information content (AvgIpc) is 2.81. The van der Waals surface area contributed by atoms with Crippen molar-refractivity contribution >= 4 is 17.6 Å². The van der Waals surface area contributed by atoms with Crippen molar-refractivity contribution in [2.75, 3.05) is 7.11 Å². The zero-order valence-corrected chi connectivity index (χ0v) is 9.60. The van der Waals surface area contributed by atoms with Crippen LogP contribution in [-0.4, -0.2) is 27.5 Å². The van der Waals surface area contributed by atoms with E-state index >= 15 is 0 Å². The maximum Gasteiger partial charge on any atom is 0.411 e. The van der Waals surface area contributed by atoms with Gasteiger partial charge in [0.05, 0.1) is 12.7 Å². The van der Waals surface area contributed by atoms with Gasteiger partial charge in [-0.25, -0.2) is 14.8 Å². The Bertz CT molecular complexity index is 529. The molecule has 7 nitrogen and oxygen atoms in total. The number of carbonyl (C=O) groups excluding carboxylic acids is 1. The maximum absolute atomic E-state index is 10.7. The lowest BCUT2D eigenvalue weighted by Gasteiger charge is -2.09. The average molecular weight is 252 g/mol. The zero-order chi connectivity index (χ0) is 12.3. The summed E-state index contributed by atoms with van der Waals surface area (Å²) in [5, 5.41) is 0.638. The second-order valence-corrected chi connectivity index (χ2v) is 3.64. The van der Waals surface area contributed by atoms with Crippen molar-refractivity contribution in [3.05, 3.63) is 18.6 Å². The van der Waals surface area contributed by atoms with E-state index in [9.17, 15) is 4.79 Å². The minimum atomic E-state index is -0.954. The van der Waals surface area contributed by atoms with Crippen LogP contribution in [0.25, 0.3) is 10.6 Å². The predicted octanol–water partition coefficient (Wildman–Crippen LogP) is 1.07. The van der Waals surface area contributed by atoms with Crippen molar-refractivity contribution in [2.24, 2.45) is 5.73 Å². The molecule has 0 saturated heterocycles. The number of methoxy groups -OCH3 is 1. The monoisotopic (exact) mass is 252 g/mol. The molecule has 8 heteroatoms. The second-order valence-electron chi connectivity index (χ2n) is 2.86. The van der Waals surface area contributed by atoms with Crippen molar-refractivity contribution < 1.29 is 14.3 Å². The Hall–Kier alpha value is -2.22. The lowest BCUT2D eigenvalue weighted by atomic mass is 10.2. The molecule has 0 atom stereocenters. The highest BCUT2D eigenvalue weighted by molar-refractivity contribution is 7.09. The smallest absolute Gasteiger partial charge is 0.411 e. The molecule has 1 amide bonds. The van der Waals surface area contributed by atoms with Gasteiger partial charge in [-0.15, -0.1) is 0 Å². The Kier molecular flexibility index (Phi) is 3.15. The van der Waals surface area contributed by atoms with Gasteiger partial charge in [0.15, 0.2) is 5.75 Å². The van der Waals surface area contributed by atoms with E-state index in [1.807, 2.05) is 0 Å². The fraction of sp³-hybridized carbons (Fsp3) is 0.111. The molecule has 0 aliphatic carbocycles. The first-order chi connectivity index (χ1) is 8.22. The van der Waals surface area contributed by atoms with Crippen molar-refractivity contribution in [3.63, 3.8) is 0 Å². The molecular weight excluding hydrogens is 244 g/mol. The topological polar surface area (TPSA) is 100 Å². The van der Waals surface area contributed by atoms with Gasteiger partial charge in [0, 0.05) is 6.20 Å². The van der Waals surface area contributed by atoms with Crippen LogP contribution < -0.4 is 15.2 Å². The minimum absolute atomic E-state index is 0.00713. The molecule has 0 fully saturated rings. The number of pyridine rings is 1. The molecule has 17 heavy (non-hydrogen) atoms. The molecule has 0 aliphatic heterocycles. The molecule has 0 unspecified atom stereocenters. The highest BCUT2D eigenvalue weighted by Crippen LogP contribution is 2.36. The third-order valence-corrected chi connectivity index (χ3v) is 2.56. The van der Waals surface area contributed by atoms with Gasteiger partial charge in [-0.05, 0) is 17.6 Å². The molecule has 0 radical (unpaired) electrons. The highest BCUT2D eigenvalue weighted by atomic mass is 32.1. The predicted molar refractivity (Wildman–Crippen MR) is 59.9 cm³/mol. The van der Waals surface area contributed by atoms with Gasteiger partial charge >= 0.3 is 6.09 Å². The van der Waals surface area contributed by atoms with E-state index in [0.29, 0.717) is 16.3 Å². The lowest BCUT2D eigenvalue weighted by molar-refractivity contribution is 0.206. The fourth-order valence-corrected chi connectivity index (χ4v) is 1.80. The highest BCUT2D eigenvalue weighted by Gasteiger charge is 2.16. The maximum atomic E-state index is 10.7. The Labute approximate surface area is 100 Å². The van der Waals surface area contributed by atoms with E-state index in [0.717, 1.165) is 0 Å². The van der Waals surface area contributed by atoms with Crippen molar-refractivity contribution in [1.29, 1.82) is 0 Å². The van der Waals surface area contributed by atoms with Crippen molar-refractivity contribution in [2.45, 2.75) is 0 Å². The van der Waals surface area contributed by atoms with Crippen LogP contribution in [0.3, 0.4) is 0 Å². The number of carbonyl (C=O) groups is 1. The number of nitrogens with two attached hydrogens (primary N) is 1. The van der Waals surface area contributed by atoms with Gasteiger partial charge in [0.25, 0.3) is 5.88 Å². The normalized spacial score (nSPS) is 9.94. The van der Waals surface area contributed by atoms with Gasteiger partial charge in [0.1, 0.15) is 11.3 Å². The summed E-state index contributed by atoms with van der Waals surface area (Å²) in [4.78, 5) is 18.6. The molecule has 0 aliphatic rings. The van der Waals surface area contributed by atoms with Crippen LogP contribution in [0, 0.1) is 0 Å². The largest absolute Gasteiger partial charge is 0.491 e. The van der Waals surface area contributed by atoms with Crippen LogP contribution in [0.4, 0.5) is 4.79 Å². The van der Waals surface area contributed by atoms with Crippen LogP contribution in [0.5, 0.6) is 11.6 Å². The van der Waals surface area contributed by atoms with E-state index in [4.69, 9.17) is 15.2 Å². The number of rotatable bonds is 3.